The molecule has 0 bridgehead atoms. The van der Waals surface area contributed by atoms with Gasteiger partial charge in [0.2, 0.25) is 0 Å². The van der Waals surface area contributed by atoms with E-state index in [0.29, 0.717) is 0 Å². The second-order valence-corrected chi connectivity index (χ2v) is 1.49. The average Bonchev–Trinajstić information content (AvgIpc) is 2.24. The van der Waals surface area contributed by atoms with Crippen LogP contribution in [-0.2, 0) is 0 Å². The molecule has 0 atom stereocenters. The Morgan fingerprint density at radius 3 is 1.25 bits per heavy atom. The fourth-order valence-electron chi connectivity index (χ4n) is 0.408. The van der Waals surface area contributed by atoms with Gasteiger partial charge in [-0.25, -0.2) is 0 Å². The van der Waals surface area contributed by atoms with E-state index < -0.39 is 0 Å². The van der Waals surface area contributed by atoms with Crippen LogP contribution in [0, 0.1) is 6.42 Å². The van der Waals surface area contributed by atoms with Crippen molar-refractivity contribution in [2.45, 2.75) is 33.1 Å². The summed E-state index contributed by atoms with van der Waals surface area (Å²) in [6.07, 6.45) is 6.12. The van der Waals surface area contributed by atoms with E-state index in [0.717, 1.165) is 0 Å². The van der Waals surface area contributed by atoms with Crippen LogP contribution in [0.2, 0.25) is 0 Å². The van der Waals surface area contributed by atoms with Crippen molar-refractivity contribution in [2.24, 2.45) is 17.2 Å². The zero-order valence-electron chi connectivity index (χ0n) is 9.43. The molecule has 0 saturated carbocycles. The molecule has 0 unspecified atom stereocenters. The lowest BCUT2D eigenvalue weighted by atomic mass is 10.2. The van der Waals surface area contributed by atoms with E-state index in [2.05, 4.69) is 37.5 Å². The highest BCUT2D eigenvalue weighted by Gasteiger charge is 1.75. The van der Waals surface area contributed by atoms with Crippen LogP contribution < -0.4 is 17.2 Å². The monoisotopic (exact) mass is 178 g/mol. The van der Waals surface area contributed by atoms with Gasteiger partial charge >= 0.3 is 0 Å². The summed E-state index contributed by atoms with van der Waals surface area (Å²) in [4.78, 5) is 0. The van der Waals surface area contributed by atoms with Crippen LogP contribution in [0.1, 0.15) is 33.1 Å². The molecule has 12 heavy (non-hydrogen) atoms. The summed E-state index contributed by atoms with van der Waals surface area (Å²) in [7, 11) is 4.50. The van der Waals surface area contributed by atoms with Gasteiger partial charge in [-0.15, -0.1) is 0 Å². The first kappa shape index (κ1) is 22.6. The molecule has 6 N–H and O–H groups in total. The van der Waals surface area contributed by atoms with Gasteiger partial charge in [-0.1, -0.05) is 33.1 Å². The molecular formula is C9H28N3. The standard InChI is InChI=1S/C6H13.3CH5N/c1-3-5-6-4-2;3*1-2/h5H,3-4,6H2,1-2H3;3*2H2,1H3. The third kappa shape index (κ3) is 93.9. The van der Waals surface area contributed by atoms with Crippen molar-refractivity contribution < 1.29 is 0 Å². The van der Waals surface area contributed by atoms with Gasteiger partial charge in [-0.2, -0.15) is 0 Å². The zero-order chi connectivity index (χ0) is 10.8. The molecule has 0 aromatic heterocycles. The zero-order valence-corrected chi connectivity index (χ0v) is 9.43. The van der Waals surface area contributed by atoms with Crippen molar-refractivity contribution in [3.63, 3.8) is 0 Å². The molecular weight excluding hydrogens is 150 g/mol. The molecule has 3 heteroatoms. The highest BCUT2D eigenvalue weighted by Crippen LogP contribution is 1.93. The largest absolute Gasteiger partial charge is 0.333 e. The van der Waals surface area contributed by atoms with Crippen molar-refractivity contribution in [2.75, 3.05) is 21.1 Å². The smallest absolute Gasteiger partial charge is 0.0195 e. The van der Waals surface area contributed by atoms with Crippen molar-refractivity contribution >= 4 is 0 Å². The third-order valence-electron chi connectivity index (χ3n) is 0.781. The van der Waals surface area contributed by atoms with Gasteiger partial charge in [-0.3, -0.25) is 0 Å². The summed E-state index contributed by atoms with van der Waals surface area (Å²) < 4.78 is 0. The Bertz CT molecular complexity index is 21.7. The van der Waals surface area contributed by atoms with Gasteiger partial charge in [0.15, 0.2) is 0 Å². The molecule has 0 aromatic rings. The van der Waals surface area contributed by atoms with Crippen LogP contribution in [0.3, 0.4) is 0 Å². The summed E-state index contributed by atoms with van der Waals surface area (Å²) in [5.41, 5.74) is 13.5. The number of hydrogen-bond donors (Lipinski definition) is 3. The summed E-state index contributed by atoms with van der Waals surface area (Å²) in [5, 5.41) is 0. The summed E-state index contributed by atoms with van der Waals surface area (Å²) in [6, 6.07) is 0. The Morgan fingerprint density at radius 2 is 1.17 bits per heavy atom. The van der Waals surface area contributed by atoms with Crippen LogP contribution in [0.4, 0.5) is 0 Å². The van der Waals surface area contributed by atoms with E-state index >= 15 is 0 Å². The van der Waals surface area contributed by atoms with Crippen molar-refractivity contribution in [1.82, 2.24) is 0 Å². The Kier molecular flexibility index (Phi) is 133. The van der Waals surface area contributed by atoms with E-state index in [1.807, 2.05) is 0 Å². The van der Waals surface area contributed by atoms with Crippen LogP contribution in [0.15, 0.2) is 0 Å². The van der Waals surface area contributed by atoms with Gasteiger partial charge in [0.1, 0.15) is 0 Å². The second kappa shape index (κ2) is 70.5. The first-order chi connectivity index (χ1) is 5.91. The van der Waals surface area contributed by atoms with E-state index in [-0.39, 0.29) is 0 Å². The molecule has 0 aliphatic carbocycles. The van der Waals surface area contributed by atoms with Crippen LogP contribution in [-0.4, -0.2) is 21.1 Å². The Morgan fingerprint density at radius 1 is 0.833 bits per heavy atom. The predicted molar refractivity (Wildman–Crippen MR) is 59.8 cm³/mol. The first-order valence-corrected chi connectivity index (χ1v) is 4.46. The van der Waals surface area contributed by atoms with E-state index in [1.54, 1.807) is 0 Å². The van der Waals surface area contributed by atoms with E-state index in [9.17, 15) is 0 Å². The van der Waals surface area contributed by atoms with E-state index in [4.69, 9.17) is 0 Å². The normalized spacial score (nSPS) is 6.00. The number of nitrogens with two attached hydrogens (primary N) is 3. The molecule has 0 aliphatic rings. The van der Waals surface area contributed by atoms with E-state index in [1.165, 1.54) is 40.4 Å². The average molecular weight is 178 g/mol. The van der Waals surface area contributed by atoms with Gasteiger partial charge < -0.3 is 17.2 Å². The Balaban J connectivity index is -0.0000000453. The highest BCUT2D eigenvalue weighted by atomic mass is 14.4. The molecule has 0 aliphatic heterocycles. The topological polar surface area (TPSA) is 78.1 Å². The van der Waals surface area contributed by atoms with Crippen LogP contribution in [0.5, 0.6) is 0 Å². The highest BCUT2D eigenvalue weighted by molar-refractivity contribution is 4.57. The van der Waals surface area contributed by atoms with Gasteiger partial charge in [0.25, 0.3) is 0 Å². The molecule has 0 saturated heterocycles. The maximum atomic E-state index is 4.50. The molecule has 0 aromatic carbocycles. The number of unbranched alkanes of at least 4 members (excludes halogenated alkanes) is 3. The molecule has 0 fully saturated rings. The van der Waals surface area contributed by atoms with Crippen LogP contribution >= 0.6 is 0 Å². The molecule has 0 spiro atoms. The molecule has 79 valence electrons. The van der Waals surface area contributed by atoms with Gasteiger partial charge in [-0.05, 0) is 27.6 Å². The SMILES string of the molecule is CC[CH]CCC.CN.CN.CN. The molecule has 3 nitrogen and oxygen atoms in total. The lowest BCUT2D eigenvalue weighted by Gasteiger charge is -1.85. The summed E-state index contributed by atoms with van der Waals surface area (Å²) in [6.45, 7) is 4.38. The number of rotatable bonds is 3. The second-order valence-electron chi connectivity index (χ2n) is 1.49. The van der Waals surface area contributed by atoms with Gasteiger partial charge in [0.05, 0.1) is 0 Å². The third-order valence-corrected chi connectivity index (χ3v) is 0.781. The molecule has 1 radical (unpaired) electrons. The Hall–Kier alpha value is -0.120. The molecule has 0 heterocycles. The minimum Gasteiger partial charge on any atom is -0.333 e. The molecule has 0 rings (SSSR count). The minimum atomic E-state index is 1.23. The first-order valence-electron chi connectivity index (χ1n) is 4.46. The summed E-state index contributed by atoms with van der Waals surface area (Å²) in [5.74, 6) is 0. The van der Waals surface area contributed by atoms with Crippen molar-refractivity contribution in [1.29, 1.82) is 0 Å². The Labute approximate surface area is 78.7 Å². The lowest BCUT2D eigenvalue weighted by Crippen LogP contribution is -1.69. The maximum Gasteiger partial charge on any atom is -0.0195 e. The maximum absolute atomic E-state index is 4.50. The number of hydrogen-bond acceptors (Lipinski definition) is 3. The predicted octanol–water partition coefficient (Wildman–Crippen LogP) is 1.13. The summed E-state index contributed by atoms with van der Waals surface area (Å²) >= 11 is 0. The lowest BCUT2D eigenvalue weighted by molar-refractivity contribution is 0.852. The minimum absolute atomic E-state index is 1.23. The van der Waals surface area contributed by atoms with Gasteiger partial charge in [0, 0.05) is 0 Å². The van der Waals surface area contributed by atoms with Crippen molar-refractivity contribution in [3.8, 4) is 0 Å². The fraction of sp³-hybridized carbons (Fsp3) is 0.889. The van der Waals surface area contributed by atoms with Crippen LogP contribution in [0.25, 0.3) is 0 Å². The van der Waals surface area contributed by atoms with Crippen molar-refractivity contribution in [3.05, 3.63) is 6.42 Å². The fourth-order valence-corrected chi connectivity index (χ4v) is 0.408. The quantitative estimate of drug-likeness (QED) is 0.567. The molecule has 0 amide bonds.